The molecule has 3 aromatic heterocycles. The lowest BCUT2D eigenvalue weighted by molar-refractivity contribution is 0.0786. The van der Waals surface area contributed by atoms with Crippen LogP contribution in [0.2, 0.25) is 0 Å². The summed E-state index contributed by atoms with van der Waals surface area (Å²) in [5.74, 6) is -0.336. The van der Waals surface area contributed by atoms with Gasteiger partial charge in [0, 0.05) is 37.6 Å². The van der Waals surface area contributed by atoms with Gasteiger partial charge in [-0.1, -0.05) is 0 Å². The zero-order valence-corrected chi connectivity index (χ0v) is 14.1. The van der Waals surface area contributed by atoms with Crippen molar-refractivity contribution in [2.75, 3.05) is 7.05 Å². The average molecular weight is 348 g/mol. The van der Waals surface area contributed by atoms with Crippen LogP contribution in [0.1, 0.15) is 40.7 Å². The van der Waals surface area contributed by atoms with Crippen LogP contribution < -0.4 is 0 Å². The first-order valence-corrected chi connectivity index (χ1v) is 7.81. The lowest BCUT2D eigenvalue weighted by atomic mass is 10.2. The van der Waals surface area contributed by atoms with E-state index in [1.807, 2.05) is 13.1 Å². The van der Waals surface area contributed by atoms with Crippen LogP contribution in [0.3, 0.4) is 0 Å². The summed E-state index contributed by atoms with van der Waals surface area (Å²) in [6.45, 7) is 4.67. The van der Waals surface area contributed by atoms with Crippen molar-refractivity contribution in [2.45, 2.75) is 33.4 Å². The number of amides is 1. The van der Waals surface area contributed by atoms with Crippen LogP contribution >= 0.6 is 0 Å². The highest BCUT2D eigenvalue weighted by molar-refractivity contribution is 5.99. The fraction of sp³-hybridized carbons (Fsp3) is 0.375. The van der Waals surface area contributed by atoms with Gasteiger partial charge in [0.15, 0.2) is 5.65 Å². The van der Waals surface area contributed by atoms with Crippen molar-refractivity contribution in [2.24, 2.45) is 0 Å². The van der Waals surface area contributed by atoms with Crippen molar-refractivity contribution < 1.29 is 13.6 Å². The van der Waals surface area contributed by atoms with E-state index >= 15 is 0 Å². The molecule has 0 saturated heterocycles. The Labute approximate surface area is 142 Å². The van der Waals surface area contributed by atoms with Crippen LogP contribution in [-0.4, -0.2) is 42.2 Å². The molecule has 132 valence electrons. The van der Waals surface area contributed by atoms with Crippen molar-refractivity contribution in [3.63, 3.8) is 0 Å². The van der Waals surface area contributed by atoms with Gasteiger partial charge >= 0.3 is 0 Å². The molecule has 0 unspecified atom stereocenters. The Morgan fingerprint density at radius 3 is 2.72 bits per heavy atom. The van der Waals surface area contributed by atoms with Crippen molar-refractivity contribution >= 4 is 11.6 Å². The third-order valence-corrected chi connectivity index (χ3v) is 3.86. The number of aryl methyl sites for hydroxylation is 2. The maximum atomic E-state index is 13.2. The predicted octanol–water partition coefficient (Wildman–Crippen LogP) is 2.46. The van der Waals surface area contributed by atoms with Crippen molar-refractivity contribution in [1.29, 1.82) is 0 Å². The van der Waals surface area contributed by atoms with Gasteiger partial charge in [0.05, 0.1) is 12.4 Å². The number of halogens is 2. The highest BCUT2D eigenvalue weighted by Crippen LogP contribution is 2.22. The zero-order chi connectivity index (χ0) is 18.1. The molecule has 9 heteroatoms. The summed E-state index contributed by atoms with van der Waals surface area (Å²) < 4.78 is 29.1. The van der Waals surface area contributed by atoms with Crippen LogP contribution in [0.25, 0.3) is 5.65 Å². The molecule has 0 aliphatic carbocycles. The number of aromatic nitrogens is 5. The molecule has 0 aliphatic heterocycles. The normalized spacial score (nSPS) is 11.4. The van der Waals surface area contributed by atoms with E-state index in [0.29, 0.717) is 12.2 Å². The van der Waals surface area contributed by atoms with E-state index in [9.17, 15) is 13.6 Å². The van der Waals surface area contributed by atoms with Gasteiger partial charge in [-0.05, 0) is 19.9 Å². The van der Waals surface area contributed by atoms with Gasteiger partial charge < -0.3 is 4.90 Å². The Balaban J connectivity index is 1.91. The minimum absolute atomic E-state index is 0.136. The number of carbonyl (C=O) groups is 1. The van der Waals surface area contributed by atoms with Gasteiger partial charge in [0.25, 0.3) is 12.3 Å². The van der Waals surface area contributed by atoms with E-state index in [0.717, 1.165) is 16.6 Å². The Morgan fingerprint density at radius 1 is 1.32 bits per heavy atom. The summed E-state index contributed by atoms with van der Waals surface area (Å²) in [7, 11) is 1.64. The molecule has 0 spiro atoms. The maximum Gasteiger partial charge on any atom is 0.280 e. The molecule has 25 heavy (non-hydrogen) atoms. The minimum Gasteiger partial charge on any atom is -0.337 e. The molecule has 0 atom stereocenters. The lowest BCUT2D eigenvalue weighted by Gasteiger charge is -2.15. The molecular formula is C16H18F2N6O. The fourth-order valence-corrected chi connectivity index (χ4v) is 2.63. The molecule has 0 saturated carbocycles. The average Bonchev–Trinajstić information content (AvgIpc) is 3.19. The summed E-state index contributed by atoms with van der Waals surface area (Å²) >= 11 is 0. The second-order valence-corrected chi connectivity index (χ2v) is 5.78. The quantitative estimate of drug-likeness (QED) is 0.710. The van der Waals surface area contributed by atoms with E-state index in [-0.39, 0.29) is 22.8 Å². The van der Waals surface area contributed by atoms with Gasteiger partial charge in [0.2, 0.25) is 0 Å². The zero-order valence-electron chi connectivity index (χ0n) is 14.1. The molecular weight excluding hydrogens is 330 g/mol. The molecule has 1 amide bonds. The highest BCUT2D eigenvalue weighted by atomic mass is 19.3. The third kappa shape index (κ3) is 3.21. The second kappa shape index (κ2) is 6.58. The van der Waals surface area contributed by atoms with E-state index in [1.54, 1.807) is 24.9 Å². The minimum atomic E-state index is -2.70. The van der Waals surface area contributed by atoms with Gasteiger partial charge in [-0.25, -0.2) is 18.3 Å². The Kier molecular flexibility index (Phi) is 4.47. The van der Waals surface area contributed by atoms with Gasteiger partial charge in [-0.2, -0.15) is 10.2 Å². The van der Waals surface area contributed by atoms with Crippen LogP contribution in [-0.2, 0) is 13.1 Å². The van der Waals surface area contributed by atoms with Gasteiger partial charge in [-0.15, -0.1) is 0 Å². The SMILES string of the molecule is CCn1cc(CN(C)C(=O)c2cnn3c(C(F)F)cc(C)nc23)cn1. The molecule has 3 rings (SSSR count). The molecule has 0 fully saturated rings. The highest BCUT2D eigenvalue weighted by Gasteiger charge is 2.22. The first-order valence-electron chi connectivity index (χ1n) is 7.81. The smallest absolute Gasteiger partial charge is 0.280 e. The van der Waals surface area contributed by atoms with Crippen LogP contribution in [0.4, 0.5) is 8.78 Å². The topological polar surface area (TPSA) is 68.3 Å². The van der Waals surface area contributed by atoms with Gasteiger partial charge in [0.1, 0.15) is 11.3 Å². The summed E-state index contributed by atoms with van der Waals surface area (Å²) in [5, 5.41) is 8.09. The monoisotopic (exact) mass is 348 g/mol. The Hall–Kier alpha value is -2.84. The molecule has 3 aromatic rings. The number of alkyl halides is 2. The Morgan fingerprint density at radius 2 is 2.08 bits per heavy atom. The van der Waals surface area contributed by atoms with Crippen molar-refractivity contribution in [1.82, 2.24) is 29.3 Å². The summed E-state index contributed by atoms with van der Waals surface area (Å²) in [6, 6.07) is 1.27. The number of carbonyl (C=O) groups excluding carboxylic acids is 1. The number of rotatable bonds is 5. The van der Waals surface area contributed by atoms with Crippen LogP contribution in [0, 0.1) is 6.92 Å². The fourth-order valence-electron chi connectivity index (χ4n) is 2.63. The number of nitrogens with zero attached hydrogens (tertiary/aromatic N) is 6. The molecule has 0 aliphatic rings. The van der Waals surface area contributed by atoms with E-state index in [4.69, 9.17) is 0 Å². The lowest BCUT2D eigenvalue weighted by Crippen LogP contribution is -2.26. The molecule has 0 bridgehead atoms. The van der Waals surface area contributed by atoms with E-state index in [1.165, 1.54) is 17.2 Å². The summed E-state index contributed by atoms with van der Waals surface area (Å²) in [5.41, 5.74) is 1.33. The van der Waals surface area contributed by atoms with Gasteiger partial charge in [-0.3, -0.25) is 9.48 Å². The standard InChI is InChI=1S/C16H18F2N6O/c1-4-23-9-11(6-19-23)8-22(3)16(25)12-7-20-24-13(14(17)18)5-10(2)21-15(12)24/h5-7,9,14H,4,8H2,1-3H3. The molecule has 3 heterocycles. The third-order valence-electron chi connectivity index (χ3n) is 3.86. The van der Waals surface area contributed by atoms with Crippen molar-refractivity contribution in [3.8, 4) is 0 Å². The molecule has 0 N–H and O–H groups in total. The van der Waals surface area contributed by atoms with Crippen molar-refractivity contribution in [3.05, 3.63) is 47.2 Å². The largest absolute Gasteiger partial charge is 0.337 e. The summed E-state index contributed by atoms with van der Waals surface area (Å²) in [4.78, 5) is 18.4. The molecule has 7 nitrogen and oxygen atoms in total. The first kappa shape index (κ1) is 17.0. The van der Waals surface area contributed by atoms with Crippen LogP contribution in [0.15, 0.2) is 24.7 Å². The molecule has 0 aromatic carbocycles. The molecule has 0 radical (unpaired) electrons. The van der Waals surface area contributed by atoms with E-state index < -0.39 is 6.43 Å². The maximum absolute atomic E-state index is 13.2. The summed E-state index contributed by atoms with van der Waals surface area (Å²) in [6.07, 6.45) is 2.13. The first-order chi connectivity index (χ1) is 11.9. The number of fused-ring (bicyclic) bond motifs is 1. The number of hydrogen-bond acceptors (Lipinski definition) is 4. The second-order valence-electron chi connectivity index (χ2n) is 5.78. The number of hydrogen-bond donors (Lipinski definition) is 0. The van der Waals surface area contributed by atoms with E-state index in [2.05, 4.69) is 15.2 Å². The Bertz CT molecular complexity index is 917. The van der Waals surface area contributed by atoms with Crippen LogP contribution in [0.5, 0.6) is 0 Å². The predicted molar refractivity (Wildman–Crippen MR) is 86.4 cm³/mol.